The molecule has 0 aliphatic carbocycles. The molecule has 0 bridgehead atoms. The van der Waals surface area contributed by atoms with Gasteiger partial charge in [0, 0.05) is 20.6 Å². The molecule has 0 atom stereocenters. The fraction of sp³-hybridized carbons (Fsp3) is 0.312. The first kappa shape index (κ1) is 18.1. The van der Waals surface area contributed by atoms with Gasteiger partial charge in [0.25, 0.3) is 15.7 Å². The second-order valence-electron chi connectivity index (χ2n) is 5.91. The molecule has 0 fully saturated rings. The summed E-state index contributed by atoms with van der Waals surface area (Å²) in [7, 11) is -1.00. The van der Waals surface area contributed by atoms with Crippen LogP contribution in [0.5, 0.6) is 0 Å². The molecule has 0 spiro atoms. The minimum atomic E-state index is -3.89. The molecule has 9 nitrogen and oxygen atoms in total. The number of hydrogen-bond donors (Lipinski definition) is 0. The van der Waals surface area contributed by atoms with Crippen LogP contribution in [0.25, 0.3) is 11.2 Å². The topological polar surface area (TPSA) is 105 Å². The molecule has 2 heterocycles. The van der Waals surface area contributed by atoms with Gasteiger partial charge in [-0.15, -0.1) is 0 Å². The minimum Gasteiger partial charge on any atom is -0.322 e. The molecule has 3 aromatic rings. The monoisotopic (exact) mass is 378 g/mol. The van der Waals surface area contributed by atoms with Gasteiger partial charge in [0.05, 0.1) is 17.8 Å². The summed E-state index contributed by atoms with van der Waals surface area (Å²) in [5.41, 5.74) is 0.411. The highest BCUT2D eigenvalue weighted by Crippen LogP contribution is 2.13. The molecule has 0 saturated heterocycles. The van der Waals surface area contributed by atoms with E-state index >= 15 is 0 Å². The number of hydrogen-bond acceptors (Lipinski definition) is 6. The largest absolute Gasteiger partial charge is 0.332 e. The van der Waals surface area contributed by atoms with Gasteiger partial charge >= 0.3 is 5.69 Å². The van der Waals surface area contributed by atoms with Gasteiger partial charge in [-0.25, -0.2) is 9.78 Å². The maximum atomic E-state index is 12.3. The van der Waals surface area contributed by atoms with Crippen LogP contribution in [0.4, 0.5) is 0 Å². The first-order valence-corrected chi connectivity index (χ1v) is 9.20. The molecular formula is C16H18N4O5S. The number of aryl methyl sites for hydroxylation is 2. The van der Waals surface area contributed by atoms with Crippen LogP contribution in [-0.4, -0.2) is 33.7 Å². The first-order chi connectivity index (χ1) is 12.2. The first-order valence-electron chi connectivity index (χ1n) is 7.79. The Hall–Kier alpha value is -2.72. The predicted molar refractivity (Wildman–Crippen MR) is 94.5 cm³/mol. The molecule has 0 amide bonds. The number of aromatic nitrogens is 4. The van der Waals surface area contributed by atoms with Gasteiger partial charge in [0.1, 0.15) is 0 Å². The van der Waals surface area contributed by atoms with E-state index < -0.39 is 21.4 Å². The summed E-state index contributed by atoms with van der Waals surface area (Å²) in [5.74, 6) is 0. The highest BCUT2D eigenvalue weighted by atomic mass is 32.2. The molecule has 3 rings (SSSR count). The van der Waals surface area contributed by atoms with Gasteiger partial charge in [-0.1, -0.05) is 17.7 Å². The van der Waals surface area contributed by atoms with Crippen LogP contribution in [0.2, 0.25) is 0 Å². The lowest BCUT2D eigenvalue weighted by Crippen LogP contribution is -2.37. The van der Waals surface area contributed by atoms with Crippen molar-refractivity contribution in [2.75, 3.05) is 6.61 Å². The summed E-state index contributed by atoms with van der Waals surface area (Å²) >= 11 is 0. The van der Waals surface area contributed by atoms with Crippen molar-refractivity contribution in [2.24, 2.45) is 14.1 Å². The van der Waals surface area contributed by atoms with Gasteiger partial charge in [0.15, 0.2) is 11.2 Å². The summed E-state index contributed by atoms with van der Waals surface area (Å²) in [6.45, 7) is 1.78. The van der Waals surface area contributed by atoms with Crippen LogP contribution in [-0.2, 0) is 34.9 Å². The van der Waals surface area contributed by atoms with E-state index in [4.69, 9.17) is 4.18 Å². The lowest BCUT2D eigenvalue weighted by Gasteiger charge is -2.08. The van der Waals surface area contributed by atoms with E-state index in [0.29, 0.717) is 0 Å². The molecule has 10 heteroatoms. The summed E-state index contributed by atoms with van der Waals surface area (Å²) in [6, 6.07) is 6.32. The van der Waals surface area contributed by atoms with Crippen LogP contribution in [0, 0.1) is 6.92 Å². The van der Waals surface area contributed by atoms with Gasteiger partial charge in [0.2, 0.25) is 0 Å². The molecule has 0 N–H and O–H groups in total. The molecule has 26 heavy (non-hydrogen) atoms. The average molecular weight is 378 g/mol. The number of nitrogens with zero attached hydrogens (tertiary/aromatic N) is 4. The van der Waals surface area contributed by atoms with Crippen LogP contribution >= 0.6 is 0 Å². The third-order valence-corrected chi connectivity index (χ3v) is 5.42. The summed E-state index contributed by atoms with van der Waals surface area (Å²) < 4.78 is 33.2. The van der Waals surface area contributed by atoms with Crippen molar-refractivity contribution in [3.8, 4) is 0 Å². The molecule has 0 aliphatic heterocycles. The van der Waals surface area contributed by atoms with Crippen molar-refractivity contribution in [3.63, 3.8) is 0 Å². The zero-order valence-electron chi connectivity index (χ0n) is 14.5. The van der Waals surface area contributed by atoms with Crippen LogP contribution < -0.4 is 11.2 Å². The van der Waals surface area contributed by atoms with Crippen molar-refractivity contribution in [1.29, 1.82) is 0 Å². The number of imidazole rings is 1. The summed E-state index contributed by atoms with van der Waals surface area (Å²) in [4.78, 5) is 28.4. The Kier molecular flexibility index (Phi) is 4.55. The highest BCUT2D eigenvalue weighted by molar-refractivity contribution is 7.86. The maximum absolute atomic E-state index is 12.3. The normalized spacial score (nSPS) is 12.0. The van der Waals surface area contributed by atoms with E-state index in [1.807, 2.05) is 6.92 Å². The van der Waals surface area contributed by atoms with Crippen molar-refractivity contribution < 1.29 is 12.6 Å². The van der Waals surface area contributed by atoms with Crippen LogP contribution in [0.15, 0.2) is 45.1 Å². The smallest absolute Gasteiger partial charge is 0.322 e. The Morgan fingerprint density at radius 3 is 2.38 bits per heavy atom. The van der Waals surface area contributed by atoms with Crippen LogP contribution in [0.3, 0.4) is 0 Å². The Labute approximate surface area is 149 Å². The maximum Gasteiger partial charge on any atom is 0.332 e. The Morgan fingerprint density at radius 1 is 1.08 bits per heavy atom. The van der Waals surface area contributed by atoms with E-state index in [2.05, 4.69) is 4.98 Å². The lowest BCUT2D eigenvalue weighted by atomic mass is 10.2. The van der Waals surface area contributed by atoms with E-state index in [1.165, 1.54) is 41.7 Å². The molecule has 0 unspecified atom stereocenters. The van der Waals surface area contributed by atoms with Gasteiger partial charge < -0.3 is 4.57 Å². The standard InChI is InChI=1S/C16H18N4O5S/c1-11-4-6-12(7-5-11)26(23,24)25-9-8-20-10-17-14-13(20)15(21)19(3)16(22)18(14)2/h4-7,10H,8-9H2,1-3H3. The van der Waals surface area contributed by atoms with Crippen LogP contribution in [0.1, 0.15) is 5.56 Å². The van der Waals surface area contributed by atoms with Gasteiger partial charge in [-0.05, 0) is 19.1 Å². The highest BCUT2D eigenvalue weighted by Gasteiger charge is 2.17. The molecule has 0 radical (unpaired) electrons. The predicted octanol–water partition coefficient (Wildman–Crippen LogP) is 0.148. The molecule has 0 saturated carbocycles. The fourth-order valence-electron chi connectivity index (χ4n) is 2.58. The van der Waals surface area contributed by atoms with Crippen molar-refractivity contribution in [2.45, 2.75) is 18.4 Å². The number of rotatable bonds is 5. The number of fused-ring (bicyclic) bond motifs is 1. The zero-order chi connectivity index (χ0) is 19.1. The van der Waals surface area contributed by atoms with Gasteiger partial charge in [-0.2, -0.15) is 8.42 Å². The van der Waals surface area contributed by atoms with Crippen molar-refractivity contribution >= 4 is 21.3 Å². The van der Waals surface area contributed by atoms with E-state index in [1.54, 1.807) is 12.1 Å². The zero-order valence-corrected chi connectivity index (χ0v) is 15.4. The van der Waals surface area contributed by atoms with E-state index in [0.717, 1.165) is 10.1 Å². The van der Waals surface area contributed by atoms with Crippen molar-refractivity contribution in [3.05, 3.63) is 57.0 Å². The third kappa shape index (κ3) is 3.08. The Bertz CT molecular complexity index is 1190. The van der Waals surface area contributed by atoms with E-state index in [9.17, 15) is 18.0 Å². The molecule has 2 aromatic heterocycles. The molecule has 0 aliphatic rings. The number of benzene rings is 1. The Morgan fingerprint density at radius 2 is 1.73 bits per heavy atom. The van der Waals surface area contributed by atoms with Gasteiger partial charge in [-0.3, -0.25) is 18.1 Å². The summed E-state index contributed by atoms with van der Waals surface area (Å²) in [5, 5.41) is 0. The SMILES string of the molecule is Cc1ccc(S(=O)(=O)OCCn2cnc3c2c(=O)n(C)c(=O)n3C)cc1. The average Bonchev–Trinajstić information content (AvgIpc) is 3.02. The van der Waals surface area contributed by atoms with E-state index in [-0.39, 0.29) is 29.2 Å². The third-order valence-electron chi connectivity index (χ3n) is 4.10. The molecule has 138 valence electrons. The van der Waals surface area contributed by atoms with Crippen molar-refractivity contribution in [1.82, 2.24) is 18.7 Å². The minimum absolute atomic E-state index is 0.0666. The second kappa shape index (κ2) is 6.54. The Balaban J connectivity index is 1.84. The second-order valence-corrected chi connectivity index (χ2v) is 7.52. The molecular weight excluding hydrogens is 360 g/mol. The molecule has 1 aromatic carbocycles. The summed E-state index contributed by atoms with van der Waals surface area (Å²) in [6.07, 6.45) is 1.38. The lowest BCUT2D eigenvalue weighted by molar-refractivity contribution is 0.302. The quantitative estimate of drug-likeness (QED) is 0.585. The fourth-order valence-corrected chi connectivity index (χ4v) is 3.48.